The Morgan fingerprint density at radius 3 is 2.86 bits per heavy atom. The van der Waals surface area contributed by atoms with Crippen molar-refractivity contribution in [2.45, 2.75) is 32.2 Å². The van der Waals surface area contributed by atoms with Gasteiger partial charge < -0.3 is 9.47 Å². The number of likely N-dealkylation sites (tertiary alicyclic amines) is 1. The predicted octanol–water partition coefficient (Wildman–Crippen LogP) is 1.70. The summed E-state index contributed by atoms with van der Waals surface area (Å²) in [5.74, 6) is 2.70. The fourth-order valence-corrected chi connectivity index (χ4v) is 3.71. The van der Waals surface area contributed by atoms with Crippen molar-refractivity contribution in [3.05, 3.63) is 30.4 Å². The molecule has 0 bridgehead atoms. The maximum Gasteiger partial charge on any atom is 0.222 e. The van der Waals surface area contributed by atoms with Crippen LogP contribution in [0.25, 0.3) is 11.4 Å². The second kappa shape index (κ2) is 5.19. The molecule has 6 nitrogen and oxygen atoms in total. The first kappa shape index (κ1) is 13.4. The summed E-state index contributed by atoms with van der Waals surface area (Å²) in [5.41, 5.74) is 1.04. The maximum atomic E-state index is 12.0. The number of nitrogens with zero attached hydrogens (tertiary/aromatic N) is 5. The number of carbonyl (C=O) groups is 1. The number of hydrogen-bond acceptors (Lipinski definition) is 4. The average molecular weight is 297 g/mol. The predicted molar refractivity (Wildman–Crippen MR) is 81.0 cm³/mol. The summed E-state index contributed by atoms with van der Waals surface area (Å²) in [6.45, 7) is 3.57. The van der Waals surface area contributed by atoms with E-state index in [2.05, 4.69) is 19.7 Å². The summed E-state index contributed by atoms with van der Waals surface area (Å²) in [5, 5.41) is 8.77. The van der Waals surface area contributed by atoms with Crippen LogP contribution in [0.5, 0.6) is 0 Å². The first-order valence-corrected chi connectivity index (χ1v) is 7.90. The van der Waals surface area contributed by atoms with Crippen LogP contribution >= 0.6 is 0 Å². The Morgan fingerprint density at radius 1 is 1.27 bits per heavy atom. The third-order valence-electron chi connectivity index (χ3n) is 4.84. The van der Waals surface area contributed by atoms with Crippen LogP contribution in [-0.4, -0.2) is 43.6 Å². The molecule has 1 saturated heterocycles. The molecule has 2 aliphatic heterocycles. The Balaban J connectivity index is 1.72. The lowest BCUT2D eigenvalue weighted by molar-refractivity contribution is -0.130. The average Bonchev–Trinajstić information content (AvgIpc) is 3.18. The summed E-state index contributed by atoms with van der Waals surface area (Å²) < 4.78 is 2.26. The van der Waals surface area contributed by atoms with Crippen molar-refractivity contribution in [3.63, 3.8) is 0 Å². The lowest BCUT2D eigenvalue weighted by atomic mass is 9.93. The lowest BCUT2D eigenvalue weighted by Gasteiger charge is -2.27. The third kappa shape index (κ3) is 2.01. The summed E-state index contributed by atoms with van der Waals surface area (Å²) in [6, 6.07) is 4.23. The van der Waals surface area contributed by atoms with E-state index in [9.17, 15) is 4.79 Å². The normalized spacial score (nSPS) is 23.2. The summed E-state index contributed by atoms with van der Waals surface area (Å²) in [4.78, 5) is 18.1. The topological polar surface area (TPSA) is 63.9 Å². The summed E-state index contributed by atoms with van der Waals surface area (Å²) >= 11 is 0. The van der Waals surface area contributed by atoms with Crippen LogP contribution in [0.15, 0.2) is 24.5 Å². The molecule has 4 heterocycles. The molecule has 22 heavy (non-hydrogen) atoms. The molecule has 2 aromatic rings. The molecule has 114 valence electrons. The molecule has 1 amide bonds. The highest BCUT2D eigenvalue weighted by atomic mass is 16.2. The molecule has 2 atom stereocenters. The van der Waals surface area contributed by atoms with E-state index in [1.54, 1.807) is 12.4 Å². The molecular formula is C16H19N5O. The molecule has 4 rings (SSSR count). The van der Waals surface area contributed by atoms with Gasteiger partial charge in [-0.3, -0.25) is 9.78 Å². The fourth-order valence-electron chi connectivity index (χ4n) is 3.71. The molecule has 2 aliphatic rings. The van der Waals surface area contributed by atoms with Gasteiger partial charge in [0.05, 0.1) is 6.04 Å². The molecule has 0 N–H and O–H groups in total. The zero-order valence-electron chi connectivity index (χ0n) is 12.6. The lowest BCUT2D eigenvalue weighted by Crippen LogP contribution is -2.28. The van der Waals surface area contributed by atoms with Crippen LogP contribution in [0.4, 0.5) is 0 Å². The van der Waals surface area contributed by atoms with Crippen molar-refractivity contribution in [3.8, 4) is 11.4 Å². The number of pyridine rings is 1. The number of carbonyl (C=O) groups excluding carboxylic acids is 1. The molecule has 0 aromatic carbocycles. The molecule has 0 spiro atoms. The van der Waals surface area contributed by atoms with Crippen LogP contribution in [0.1, 0.15) is 31.6 Å². The minimum absolute atomic E-state index is 0.245. The van der Waals surface area contributed by atoms with E-state index in [4.69, 9.17) is 0 Å². The maximum absolute atomic E-state index is 12.0. The van der Waals surface area contributed by atoms with E-state index in [0.717, 1.165) is 43.1 Å². The van der Waals surface area contributed by atoms with E-state index in [-0.39, 0.29) is 5.91 Å². The highest BCUT2D eigenvalue weighted by Gasteiger charge is 2.40. The molecular weight excluding hydrogens is 278 g/mol. The molecule has 2 aromatic heterocycles. The smallest absolute Gasteiger partial charge is 0.222 e. The van der Waals surface area contributed by atoms with E-state index >= 15 is 0 Å². The largest absolute Gasteiger partial charge is 0.340 e. The van der Waals surface area contributed by atoms with Gasteiger partial charge >= 0.3 is 0 Å². The SMILES string of the molecule is CCC(=O)N1C[C@H]2CCc3nnc(-c4ccncc4)n3[C@H]2C1. The van der Waals surface area contributed by atoms with Crippen molar-refractivity contribution >= 4 is 5.91 Å². The second-order valence-corrected chi connectivity index (χ2v) is 6.06. The number of aryl methyl sites for hydroxylation is 1. The van der Waals surface area contributed by atoms with Gasteiger partial charge in [-0.15, -0.1) is 10.2 Å². The Labute approximate surface area is 129 Å². The minimum atomic E-state index is 0.245. The van der Waals surface area contributed by atoms with Crippen LogP contribution in [0, 0.1) is 5.92 Å². The van der Waals surface area contributed by atoms with Gasteiger partial charge in [0.1, 0.15) is 5.82 Å². The van der Waals surface area contributed by atoms with Crippen LogP contribution in [0.3, 0.4) is 0 Å². The standard InChI is InChI=1S/C16H19N5O/c1-2-15(22)20-9-12-3-4-14-18-19-16(21(14)13(12)10-20)11-5-7-17-8-6-11/h5-8,12-13H,2-4,9-10H2,1H3/t12-,13+/m1/s1. The molecule has 0 unspecified atom stereocenters. The van der Waals surface area contributed by atoms with Gasteiger partial charge in [-0.1, -0.05) is 6.92 Å². The Kier molecular flexibility index (Phi) is 3.17. The van der Waals surface area contributed by atoms with Crippen molar-refractivity contribution < 1.29 is 4.79 Å². The van der Waals surface area contributed by atoms with Gasteiger partial charge in [0.15, 0.2) is 5.82 Å². The summed E-state index contributed by atoms with van der Waals surface area (Å²) in [6.07, 6.45) is 6.16. The van der Waals surface area contributed by atoms with Gasteiger partial charge in [-0.25, -0.2) is 0 Å². The zero-order valence-corrected chi connectivity index (χ0v) is 12.6. The molecule has 0 aliphatic carbocycles. The Bertz CT molecular complexity index is 696. The van der Waals surface area contributed by atoms with Gasteiger partial charge in [-0.05, 0) is 24.5 Å². The Morgan fingerprint density at radius 2 is 2.09 bits per heavy atom. The zero-order chi connectivity index (χ0) is 15.1. The number of rotatable bonds is 2. The number of hydrogen-bond donors (Lipinski definition) is 0. The summed E-state index contributed by atoms with van der Waals surface area (Å²) in [7, 11) is 0. The molecule has 0 saturated carbocycles. The van der Waals surface area contributed by atoms with Crippen molar-refractivity contribution in [1.29, 1.82) is 0 Å². The Hall–Kier alpha value is -2.24. The molecule has 0 radical (unpaired) electrons. The molecule has 1 fully saturated rings. The third-order valence-corrected chi connectivity index (χ3v) is 4.84. The first-order valence-electron chi connectivity index (χ1n) is 7.90. The highest BCUT2D eigenvalue weighted by molar-refractivity contribution is 5.76. The molecule has 6 heteroatoms. The number of aromatic nitrogens is 4. The van der Waals surface area contributed by atoms with Gasteiger partial charge in [0.2, 0.25) is 5.91 Å². The van der Waals surface area contributed by atoms with E-state index in [0.29, 0.717) is 18.4 Å². The van der Waals surface area contributed by atoms with Gasteiger partial charge in [0, 0.05) is 43.9 Å². The van der Waals surface area contributed by atoms with Crippen molar-refractivity contribution in [2.24, 2.45) is 5.92 Å². The van der Waals surface area contributed by atoms with Gasteiger partial charge in [-0.2, -0.15) is 0 Å². The minimum Gasteiger partial charge on any atom is -0.340 e. The van der Waals surface area contributed by atoms with Crippen LogP contribution in [0.2, 0.25) is 0 Å². The van der Waals surface area contributed by atoms with E-state index in [1.165, 1.54) is 0 Å². The quantitative estimate of drug-likeness (QED) is 0.846. The van der Waals surface area contributed by atoms with Crippen molar-refractivity contribution in [2.75, 3.05) is 13.1 Å². The fraction of sp³-hybridized carbons (Fsp3) is 0.500. The van der Waals surface area contributed by atoms with E-state index in [1.807, 2.05) is 24.0 Å². The van der Waals surface area contributed by atoms with Gasteiger partial charge in [0.25, 0.3) is 0 Å². The van der Waals surface area contributed by atoms with Crippen LogP contribution < -0.4 is 0 Å². The monoisotopic (exact) mass is 297 g/mol. The highest BCUT2D eigenvalue weighted by Crippen LogP contribution is 2.39. The number of fused-ring (bicyclic) bond motifs is 3. The van der Waals surface area contributed by atoms with Crippen molar-refractivity contribution in [1.82, 2.24) is 24.6 Å². The number of amides is 1. The van der Waals surface area contributed by atoms with E-state index < -0.39 is 0 Å². The van der Waals surface area contributed by atoms with Crippen LogP contribution in [-0.2, 0) is 11.2 Å². The first-order chi connectivity index (χ1) is 10.8. The second-order valence-electron chi connectivity index (χ2n) is 6.06.